The first-order valence-electron chi connectivity index (χ1n) is 27.8. The molecule has 69 heavy (non-hydrogen) atoms. The van der Waals surface area contributed by atoms with Crippen molar-refractivity contribution in [1.82, 2.24) is 0 Å². The van der Waals surface area contributed by atoms with Crippen LogP contribution in [0.25, 0.3) is 0 Å². The Morgan fingerprint density at radius 1 is 0.449 bits per heavy atom. The lowest BCUT2D eigenvalue weighted by molar-refractivity contribution is -0.332. The maximum atomic E-state index is 13.0. The molecule has 2 aliphatic rings. The van der Waals surface area contributed by atoms with Crippen LogP contribution in [0.5, 0.6) is 0 Å². The van der Waals surface area contributed by atoms with Crippen molar-refractivity contribution in [2.75, 3.05) is 26.4 Å². The maximum Gasteiger partial charge on any atom is 0.306 e. The van der Waals surface area contributed by atoms with Gasteiger partial charge in [-0.1, -0.05) is 187 Å². The van der Waals surface area contributed by atoms with Gasteiger partial charge in [0.2, 0.25) is 0 Å². The van der Waals surface area contributed by atoms with E-state index in [1.165, 1.54) is 128 Å². The monoisotopic (exact) mass is 989 g/mol. The van der Waals surface area contributed by atoms with E-state index in [1.54, 1.807) is 0 Å². The van der Waals surface area contributed by atoms with Crippen LogP contribution in [0.1, 0.15) is 226 Å². The zero-order valence-corrected chi connectivity index (χ0v) is 43.1. The van der Waals surface area contributed by atoms with Gasteiger partial charge >= 0.3 is 11.9 Å². The van der Waals surface area contributed by atoms with Crippen molar-refractivity contribution in [1.29, 1.82) is 0 Å². The lowest BCUT2D eigenvalue weighted by Gasteiger charge is -2.42. The molecule has 2 aliphatic heterocycles. The molecule has 0 bridgehead atoms. The topological polar surface area (TPSA) is 231 Å². The molecule has 0 aromatic heterocycles. The molecular formula is C54H100O15. The van der Waals surface area contributed by atoms with E-state index in [-0.39, 0.29) is 26.1 Å². The number of aliphatic hydroxyl groups is 7. The van der Waals surface area contributed by atoms with Crippen LogP contribution < -0.4 is 0 Å². The molecule has 15 nitrogen and oxygen atoms in total. The first-order valence-corrected chi connectivity index (χ1v) is 27.8. The summed E-state index contributed by atoms with van der Waals surface area (Å²) in [5, 5.41) is 72.2. The summed E-state index contributed by atoms with van der Waals surface area (Å²) in [6.07, 6.45) is 25.2. The van der Waals surface area contributed by atoms with E-state index in [1.807, 2.05) is 0 Å². The third kappa shape index (κ3) is 29.5. The molecule has 11 unspecified atom stereocenters. The maximum absolute atomic E-state index is 13.0. The van der Waals surface area contributed by atoms with Gasteiger partial charge in [0.1, 0.15) is 55.4 Å². The van der Waals surface area contributed by atoms with Crippen LogP contribution in [0, 0.1) is 0 Å². The number of allylic oxidation sites excluding steroid dienone is 2. The molecule has 11 atom stereocenters. The van der Waals surface area contributed by atoms with Gasteiger partial charge in [-0.3, -0.25) is 9.59 Å². The van der Waals surface area contributed by atoms with Crippen LogP contribution in [0.4, 0.5) is 0 Å². The summed E-state index contributed by atoms with van der Waals surface area (Å²) in [7, 11) is 0. The molecule has 2 fully saturated rings. The van der Waals surface area contributed by atoms with Gasteiger partial charge < -0.3 is 64.2 Å². The van der Waals surface area contributed by atoms with E-state index in [9.17, 15) is 45.3 Å². The summed E-state index contributed by atoms with van der Waals surface area (Å²) >= 11 is 0. The number of unbranched alkanes of at least 4 members (excludes halogenated alkanes) is 28. The molecule has 2 heterocycles. The average molecular weight is 989 g/mol. The van der Waals surface area contributed by atoms with E-state index in [2.05, 4.69) is 26.0 Å². The lowest BCUT2D eigenvalue weighted by Crippen LogP contribution is -2.61. The molecule has 2 saturated heterocycles. The molecule has 0 aliphatic carbocycles. The van der Waals surface area contributed by atoms with Gasteiger partial charge in [0.25, 0.3) is 0 Å². The van der Waals surface area contributed by atoms with Crippen molar-refractivity contribution < 1.29 is 73.8 Å². The summed E-state index contributed by atoms with van der Waals surface area (Å²) in [6.45, 7) is 2.61. The van der Waals surface area contributed by atoms with Gasteiger partial charge in [-0.05, 0) is 38.5 Å². The number of carbonyl (C=O) groups is 2. The molecule has 0 aromatic carbocycles. The molecule has 0 amide bonds. The minimum atomic E-state index is -1.76. The van der Waals surface area contributed by atoms with Crippen LogP contribution in [0.15, 0.2) is 12.2 Å². The summed E-state index contributed by atoms with van der Waals surface area (Å²) in [4.78, 5) is 25.8. The van der Waals surface area contributed by atoms with Gasteiger partial charge in [0, 0.05) is 12.8 Å². The molecule has 0 spiro atoms. The number of ether oxygens (including phenoxy) is 6. The third-order valence-corrected chi connectivity index (χ3v) is 13.5. The normalized spacial score (nSPS) is 25.6. The summed E-state index contributed by atoms with van der Waals surface area (Å²) < 4.78 is 33.6. The van der Waals surface area contributed by atoms with Gasteiger partial charge in [0.05, 0.1) is 19.8 Å². The number of hydrogen-bond donors (Lipinski definition) is 7. The quantitative estimate of drug-likeness (QED) is 0.0172. The number of esters is 2. The van der Waals surface area contributed by atoms with Crippen LogP contribution in [-0.4, -0.2) is 142 Å². The smallest absolute Gasteiger partial charge is 0.306 e. The summed E-state index contributed by atoms with van der Waals surface area (Å²) in [6, 6.07) is 0. The first-order chi connectivity index (χ1) is 33.5. The van der Waals surface area contributed by atoms with Crippen molar-refractivity contribution in [3.63, 3.8) is 0 Å². The zero-order chi connectivity index (χ0) is 50.3. The minimum Gasteiger partial charge on any atom is -0.462 e. The second kappa shape index (κ2) is 41.7. The zero-order valence-electron chi connectivity index (χ0n) is 43.1. The predicted molar refractivity (Wildman–Crippen MR) is 266 cm³/mol. The standard InChI is InChI=1S/C54H100O15/c1-3-5-7-9-11-13-15-17-19-20-21-23-24-26-28-30-32-34-36-45(56)64-39-42(67-46(57)37-35-33-31-29-27-25-22-18-16-14-12-10-8-6-4-2)40-65-53-52(63)50(61)48(59)44(69-53)41-66-54-51(62)49(60)47(58)43(38-55)68-54/h18,22,42-44,47-55,58-63H,3-17,19-21,23-41H2,1-2H3/b22-18-. The Bertz CT molecular complexity index is 1250. The lowest BCUT2D eigenvalue weighted by atomic mass is 9.98. The summed E-state index contributed by atoms with van der Waals surface area (Å²) in [5.41, 5.74) is 0. The number of rotatable bonds is 44. The second-order valence-corrected chi connectivity index (χ2v) is 19.8. The molecule has 0 saturated carbocycles. The number of carbonyl (C=O) groups excluding carboxylic acids is 2. The van der Waals surface area contributed by atoms with Crippen LogP contribution in [0.3, 0.4) is 0 Å². The van der Waals surface area contributed by atoms with E-state index in [4.69, 9.17) is 28.4 Å². The number of hydrogen-bond acceptors (Lipinski definition) is 15. The van der Waals surface area contributed by atoms with Gasteiger partial charge in [0.15, 0.2) is 18.7 Å². The Morgan fingerprint density at radius 2 is 0.826 bits per heavy atom. The highest BCUT2D eigenvalue weighted by molar-refractivity contribution is 5.70. The molecule has 15 heteroatoms. The van der Waals surface area contributed by atoms with Crippen LogP contribution in [-0.2, 0) is 38.0 Å². The third-order valence-electron chi connectivity index (χ3n) is 13.5. The van der Waals surface area contributed by atoms with E-state index < -0.39 is 92.7 Å². The molecule has 0 aromatic rings. The Balaban J connectivity index is 1.77. The van der Waals surface area contributed by atoms with Crippen LogP contribution in [0.2, 0.25) is 0 Å². The largest absolute Gasteiger partial charge is 0.462 e. The Labute approximate surface area is 416 Å². The fourth-order valence-corrected chi connectivity index (χ4v) is 8.92. The van der Waals surface area contributed by atoms with Gasteiger partial charge in [-0.25, -0.2) is 0 Å². The highest BCUT2D eigenvalue weighted by Crippen LogP contribution is 2.27. The van der Waals surface area contributed by atoms with Crippen LogP contribution >= 0.6 is 0 Å². The van der Waals surface area contributed by atoms with Gasteiger partial charge in [-0.15, -0.1) is 0 Å². The number of aliphatic hydroxyl groups excluding tert-OH is 7. The summed E-state index contributed by atoms with van der Waals surface area (Å²) in [5.74, 6) is -0.921. The van der Waals surface area contributed by atoms with Crippen molar-refractivity contribution in [3.05, 3.63) is 12.2 Å². The molecule has 406 valence electrons. The Morgan fingerprint density at radius 3 is 1.28 bits per heavy atom. The molecule has 0 radical (unpaired) electrons. The minimum absolute atomic E-state index is 0.159. The SMILES string of the molecule is CCCCCCCC/C=C\CCCCCCCC(=O)OC(COC(=O)CCCCCCCCCCCCCCCCCCCC)COC1OC(COC2OC(CO)C(O)C(O)C2O)C(O)C(O)C1O. The second-order valence-electron chi connectivity index (χ2n) is 19.8. The molecule has 2 rings (SSSR count). The Kier molecular flexibility index (Phi) is 38.3. The average Bonchev–Trinajstić information content (AvgIpc) is 3.34. The van der Waals surface area contributed by atoms with Crippen molar-refractivity contribution in [2.45, 2.75) is 293 Å². The molecular weight excluding hydrogens is 889 g/mol. The van der Waals surface area contributed by atoms with E-state index in [0.717, 1.165) is 57.8 Å². The fourth-order valence-electron chi connectivity index (χ4n) is 8.92. The van der Waals surface area contributed by atoms with Crippen molar-refractivity contribution >= 4 is 11.9 Å². The fraction of sp³-hybridized carbons (Fsp3) is 0.926. The first kappa shape index (κ1) is 63.4. The Hall–Kier alpha value is -1.76. The van der Waals surface area contributed by atoms with Gasteiger partial charge in [-0.2, -0.15) is 0 Å². The highest BCUT2D eigenvalue weighted by atomic mass is 16.7. The van der Waals surface area contributed by atoms with Crippen molar-refractivity contribution in [3.8, 4) is 0 Å². The molecule has 7 N–H and O–H groups in total. The van der Waals surface area contributed by atoms with E-state index >= 15 is 0 Å². The van der Waals surface area contributed by atoms with E-state index in [0.29, 0.717) is 12.8 Å². The highest BCUT2D eigenvalue weighted by Gasteiger charge is 2.47. The van der Waals surface area contributed by atoms with Crippen molar-refractivity contribution in [2.24, 2.45) is 0 Å². The predicted octanol–water partition coefficient (Wildman–Crippen LogP) is 8.55.